The second-order valence-corrected chi connectivity index (χ2v) is 3.73. The van der Waals surface area contributed by atoms with Gasteiger partial charge in [-0.25, -0.2) is 4.79 Å². The number of aliphatic carboxylic acids is 1. The highest BCUT2D eigenvalue weighted by atomic mass is 16.5. The third-order valence-corrected chi connectivity index (χ3v) is 2.45. The Bertz CT molecular complexity index is 345. The normalized spacial score (nSPS) is 14.4. The zero-order valence-corrected chi connectivity index (χ0v) is 9.38. The summed E-state index contributed by atoms with van der Waals surface area (Å²) in [5.41, 5.74) is 1.44. The molecule has 0 bridgehead atoms. The Balaban J connectivity index is 2.71. The fraction of sp³-hybridized carbons (Fsp3) is 0.417. The van der Waals surface area contributed by atoms with Gasteiger partial charge in [0, 0.05) is 7.11 Å². The van der Waals surface area contributed by atoms with Crippen LogP contribution in [0.4, 0.5) is 0 Å². The molecule has 1 aromatic carbocycles. The zero-order chi connectivity index (χ0) is 12.1. The maximum absolute atomic E-state index is 10.5. The van der Waals surface area contributed by atoms with Crippen molar-refractivity contribution in [1.29, 1.82) is 0 Å². The van der Waals surface area contributed by atoms with Crippen LogP contribution in [0.1, 0.15) is 24.2 Å². The first kappa shape index (κ1) is 12.7. The van der Waals surface area contributed by atoms with Crippen LogP contribution in [0, 0.1) is 0 Å². The van der Waals surface area contributed by atoms with Gasteiger partial charge in [0.25, 0.3) is 0 Å². The van der Waals surface area contributed by atoms with Crippen LogP contribution in [-0.2, 0) is 16.0 Å². The predicted molar refractivity (Wildman–Crippen MR) is 59.2 cm³/mol. The van der Waals surface area contributed by atoms with E-state index in [4.69, 9.17) is 9.84 Å². The van der Waals surface area contributed by atoms with E-state index in [-0.39, 0.29) is 6.10 Å². The van der Waals surface area contributed by atoms with E-state index in [1.165, 1.54) is 0 Å². The van der Waals surface area contributed by atoms with Crippen molar-refractivity contribution in [3.8, 4) is 0 Å². The molecule has 2 N–H and O–H groups in total. The quantitative estimate of drug-likeness (QED) is 0.793. The van der Waals surface area contributed by atoms with Crippen molar-refractivity contribution in [3.05, 3.63) is 35.4 Å². The average Bonchev–Trinajstić information content (AvgIpc) is 2.28. The minimum absolute atomic E-state index is 0.121. The molecule has 88 valence electrons. The van der Waals surface area contributed by atoms with E-state index in [9.17, 15) is 9.90 Å². The van der Waals surface area contributed by atoms with E-state index >= 15 is 0 Å². The Morgan fingerprint density at radius 3 is 2.38 bits per heavy atom. The van der Waals surface area contributed by atoms with E-state index in [2.05, 4.69) is 0 Å². The molecule has 1 aromatic rings. The van der Waals surface area contributed by atoms with Crippen molar-refractivity contribution in [2.75, 3.05) is 7.11 Å². The lowest BCUT2D eigenvalue weighted by Crippen LogP contribution is -2.11. The largest absolute Gasteiger partial charge is 0.479 e. The van der Waals surface area contributed by atoms with Gasteiger partial charge in [0.05, 0.1) is 6.10 Å². The maximum atomic E-state index is 10.5. The molecule has 0 radical (unpaired) electrons. The minimum Gasteiger partial charge on any atom is -0.479 e. The molecule has 2 unspecified atom stereocenters. The molecule has 0 spiro atoms. The molecule has 16 heavy (non-hydrogen) atoms. The highest BCUT2D eigenvalue weighted by molar-refractivity contribution is 5.73. The Morgan fingerprint density at radius 2 is 1.94 bits per heavy atom. The summed E-state index contributed by atoms with van der Waals surface area (Å²) in [7, 11) is 1.65. The van der Waals surface area contributed by atoms with Gasteiger partial charge in [0.2, 0.25) is 0 Å². The molecule has 0 aliphatic rings. The topological polar surface area (TPSA) is 66.8 Å². The summed E-state index contributed by atoms with van der Waals surface area (Å²) in [6.07, 6.45) is -0.566. The van der Waals surface area contributed by atoms with Crippen LogP contribution in [0.15, 0.2) is 24.3 Å². The Hall–Kier alpha value is -1.39. The summed E-state index contributed by atoms with van der Waals surface area (Å²) in [6.45, 7) is 1.96. The fourth-order valence-corrected chi connectivity index (χ4v) is 1.39. The molecule has 0 aliphatic heterocycles. The summed E-state index contributed by atoms with van der Waals surface area (Å²) >= 11 is 0. The molecule has 1 rings (SSSR count). The lowest BCUT2D eigenvalue weighted by molar-refractivity contribution is -0.146. The minimum atomic E-state index is -1.45. The van der Waals surface area contributed by atoms with Crippen LogP contribution in [-0.4, -0.2) is 29.4 Å². The molecule has 0 aromatic heterocycles. The molecule has 4 heteroatoms. The molecule has 0 aliphatic carbocycles. The van der Waals surface area contributed by atoms with Crippen LogP contribution in [0.25, 0.3) is 0 Å². The number of rotatable bonds is 5. The molecule has 2 atom stereocenters. The molecular formula is C12H16O4. The van der Waals surface area contributed by atoms with Crippen LogP contribution in [0.5, 0.6) is 0 Å². The van der Waals surface area contributed by atoms with Crippen molar-refractivity contribution >= 4 is 5.97 Å². The SMILES string of the molecule is COC(C)Cc1ccc(C(O)C(=O)O)cc1. The molecule has 0 saturated heterocycles. The van der Waals surface area contributed by atoms with Gasteiger partial charge in [-0.1, -0.05) is 24.3 Å². The molecule has 4 nitrogen and oxygen atoms in total. The molecule has 0 heterocycles. The summed E-state index contributed by atoms with van der Waals surface area (Å²) < 4.78 is 5.13. The van der Waals surface area contributed by atoms with Gasteiger partial charge in [-0.3, -0.25) is 0 Å². The maximum Gasteiger partial charge on any atom is 0.337 e. The Kier molecular flexibility index (Phi) is 4.46. The van der Waals surface area contributed by atoms with Crippen molar-refractivity contribution in [1.82, 2.24) is 0 Å². The van der Waals surface area contributed by atoms with Crippen LogP contribution >= 0.6 is 0 Å². The van der Waals surface area contributed by atoms with Crippen LogP contribution < -0.4 is 0 Å². The first-order valence-electron chi connectivity index (χ1n) is 5.07. The van der Waals surface area contributed by atoms with Crippen molar-refractivity contribution in [2.24, 2.45) is 0 Å². The Morgan fingerprint density at radius 1 is 1.38 bits per heavy atom. The lowest BCUT2D eigenvalue weighted by Gasteiger charge is -2.10. The second kappa shape index (κ2) is 5.63. The monoisotopic (exact) mass is 224 g/mol. The molecule has 0 saturated carbocycles. The number of carbonyl (C=O) groups is 1. The number of ether oxygens (including phenoxy) is 1. The third kappa shape index (κ3) is 3.32. The van der Waals surface area contributed by atoms with E-state index in [1.807, 2.05) is 6.92 Å². The molecular weight excluding hydrogens is 208 g/mol. The van der Waals surface area contributed by atoms with Crippen molar-refractivity contribution in [3.63, 3.8) is 0 Å². The first-order chi connectivity index (χ1) is 7.54. The van der Waals surface area contributed by atoms with Gasteiger partial charge in [0.1, 0.15) is 0 Å². The predicted octanol–water partition coefficient (Wildman–Crippen LogP) is 1.38. The number of aliphatic hydroxyl groups excluding tert-OH is 1. The van der Waals surface area contributed by atoms with Gasteiger partial charge in [-0.2, -0.15) is 0 Å². The van der Waals surface area contributed by atoms with Gasteiger partial charge in [0.15, 0.2) is 6.10 Å². The fourth-order valence-electron chi connectivity index (χ4n) is 1.39. The van der Waals surface area contributed by atoms with Gasteiger partial charge < -0.3 is 14.9 Å². The van der Waals surface area contributed by atoms with Gasteiger partial charge >= 0.3 is 5.97 Å². The summed E-state index contributed by atoms with van der Waals surface area (Å²) in [5, 5.41) is 17.9. The van der Waals surface area contributed by atoms with Gasteiger partial charge in [-0.05, 0) is 24.5 Å². The summed E-state index contributed by atoms with van der Waals surface area (Å²) in [6, 6.07) is 6.85. The van der Waals surface area contributed by atoms with Crippen LogP contribution in [0.3, 0.4) is 0 Å². The number of methoxy groups -OCH3 is 1. The molecule has 0 fully saturated rings. The first-order valence-corrected chi connectivity index (χ1v) is 5.07. The Labute approximate surface area is 94.5 Å². The summed E-state index contributed by atoms with van der Waals surface area (Å²) in [5.74, 6) is -1.24. The highest BCUT2D eigenvalue weighted by Gasteiger charge is 2.15. The van der Waals surface area contributed by atoms with Crippen molar-refractivity contribution < 1.29 is 19.7 Å². The average molecular weight is 224 g/mol. The van der Waals surface area contributed by atoms with Crippen LogP contribution in [0.2, 0.25) is 0 Å². The number of benzene rings is 1. The number of aliphatic hydroxyl groups is 1. The van der Waals surface area contributed by atoms with E-state index < -0.39 is 12.1 Å². The number of carboxylic acid groups (broad SMARTS) is 1. The van der Waals surface area contributed by atoms with E-state index in [0.717, 1.165) is 12.0 Å². The van der Waals surface area contributed by atoms with Crippen molar-refractivity contribution in [2.45, 2.75) is 25.6 Å². The smallest absolute Gasteiger partial charge is 0.337 e. The number of hydrogen-bond donors (Lipinski definition) is 2. The lowest BCUT2D eigenvalue weighted by atomic mass is 10.0. The highest BCUT2D eigenvalue weighted by Crippen LogP contribution is 2.15. The van der Waals surface area contributed by atoms with E-state index in [0.29, 0.717) is 5.56 Å². The zero-order valence-electron chi connectivity index (χ0n) is 9.38. The third-order valence-electron chi connectivity index (χ3n) is 2.45. The standard InChI is InChI=1S/C12H16O4/c1-8(16-2)7-9-3-5-10(6-4-9)11(13)12(14)15/h3-6,8,11,13H,7H2,1-2H3,(H,14,15). The second-order valence-electron chi connectivity index (χ2n) is 3.73. The van der Waals surface area contributed by atoms with E-state index in [1.54, 1.807) is 31.4 Å². The van der Waals surface area contributed by atoms with Gasteiger partial charge in [-0.15, -0.1) is 0 Å². The molecule has 0 amide bonds. The number of carboxylic acids is 1. The number of hydrogen-bond acceptors (Lipinski definition) is 3. The summed E-state index contributed by atoms with van der Waals surface area (Å²) in [4.78, 5) is 10.5.